The second-order valence-electron chi connectivity index (χ2n) is 4.40. The SMILES string of the molecule is COC(=O)C(O)CNC(=O)C1CCC(N)CC1. The van der Waals surface area contributed by atoms with Gasteiger partial charge in [0.15, 0.2) is 6.10 Å². The summed E-state index contributed by atoms with van der Waals surface area (Å²) in [5, 5.41) is 11.8. The first-order valence-electron chi connectivity index (χ1n) is 5.83. The second kappa shape index (κ2) is 6.56. The van der Waals surface area contributed by atoms with Gasteiger partial charge in [-0.15, -0.1) is 0 Å². The Morgan fingerprint density at radius 3 is 2.53 bits per heavy atom. The van der Waals surface area contributed by atoms with Gasteiger partial charge >= 0.3 is 5.97 Å². The van der Waals surface area contributed by atoms with Crippen LogP contribution in [0.4, 0.5) is 0 Å². The fourth-order valence-corrected chi connectivity index (χ4v) is 1.94. The molecule has 0 spiro atoms. The minimum Gasteiger partial charge on any atom is -0.467 e. The number of rotatable bonds is 4. The highest BCUT2D eigenvalue weighted by Crippen LogP contribution is 2.22. The van der Waals surface area contributed by atoms with Crippen LogP contribution in [0.2, 0.25) is 0 Å². The number of esters is 1. The molecule has 0 bridgehead atoms. The van der Waals surface area contributed by atoms with Crippen LogP contribution >= 0.6 is 0 Å². The molecule has 1 fully saturated rings. The van der Waals surface area contributed by atoms with Gasteiger partial charge in [-0.1, -0.05) is 0 Å². The number of hydrogen-bond donors (Lipinski definition) is 3. The van der Waals surface area contributed by atoms with Gasteiger partial charge in [-0.25, -0.2) is 4.79 Å². The fraction of sp³-hybridized carbons (Fsp3) is 0.818. The van der Waals surface area contributed by atoms with E-state index in [1.807, 2.05) is 0 Å². The molecule has 1 unspecified atom stereocenters. The Kier molecular flexibility index (Phi) is 5.37. The van der Waals surface area contributed by atoms with Crippen molar-refractivity contribution in [1.82, 2.24) is 5.32 Å². The lowest BCUT2D eigenvalue weighted by Gasteiger charge is -2.25. The zero-order valence-electron chi connectivity index (χ0n) is 10.0. The molecule has 98 valence electrons. The maximum atomic E-state index is 11.7. The molecular weight excluding hydrogens is 224 g/mol. The number of nitrogens with two attached hydrogens (primary N) is 1. The summed E-state index contributed by atoms with van der Waals surface area (Å²) < 4.78 is 4.35. The zero-order chi connectivity index (χ0) is 12.8. The van der Waals surface area contributed by atoms with Crippen molar-refractivity contribution in [1.29, 1.82) is 0 Å². The lowest BCUT2D eigenvalue weighted by Crippen LogP contribution is -2.41. The number of carbonyl (C=O) groups is 2. The Morgan fingerprint density at radius 2 is 2.00 bits per heavy atom. The van der Waals surface area contributed by atoms with Crippen molar-refractivity contribution in [3.63, 3.8) is 0 Å². The largest absolute Gasteiger partial charge is 0.467 e. The first kappa shape index (κ1) is 13.9. The number of methoxy groups -OCH3 is 1. The van der Waals surface area contributed by atoms with Crippen molar-refractivity contribution in [2.75, 3.05) is 13.7 Å². The van der Waals surface area contributed by atoms with E-state index in [-0.39, 0.29) is 24.4 Å². The molecule has 17 heavy (non-hydrogen) atoms. The minimum atomic E-state index is -1.30. The Hall–Kier alpha value is -1.14. The van der Waals surface area contributed by atoms with Crippen LogP contribution in [-0.4, -0.2) is 42.8 Å². The molecule has 1 aliphatic rings. The first-order chi connectivity index (χ1) is 8.04. The maximum absolute atomic E-state index is 11.7. The van der Waals surface area contributed by atoms with Gasteiger partial charge in [0.25, 0.3) is 0 Å². The zero-order valence-corrected chi connectivity index (χ0v) is 10.0. The number of hydrogen-bond acceptors (Lipinski definition) is 5. The van der Waals surface area contributed by atoms with Crippen LogP contribution in [0.25, 0.3) is 0 Å². The summed E-state index contributed by atoms with van der Waals surface area (Å²) in [6.07, 6.45) is 1.92. The summed E-state index contributed by atoms with van der Waals surface area (Å²) in [5.74, 6) is -0.921. The summed E-state index contributed by atoms with van der Waals surface area (Å²) in [5.41, 5.74) is 5.74. The van der Waals surface area contributed by atoms with E-state index >= 15 is 0 Å². The van der Waals surface area contributed by atoms with Crippen LogP contribution in [-0.2, 0) is 14.3 Å². The summed E-state index contributed by atoms with van der Waals surface area (Å²) in [7, 11) is 1.19. The average molecular weight is 244 g/mol. The molecule has 1 saturated carbocycles. The number of aliphatic hydroxyl groups is 1. The smallest absolute Gasteiger partial charge is 0.336 e. The van der Waals surface area contributed by atoms with Gasteiger partial charge in [-0.3, -0.25) is 4.79 Å². The van der Waals surface area contributed by atoms with Crippen molar-refractivity contribution in [3.8, 4) is 0 Å². The number of aliphatic hydroxyl groups excluding tert-OH is 1. The van der Waals surface area contributed by atoms with E-state index in [1.165, 1.54) is 7.11 Å². The van der Waals surface area contributed by atoms with Crippen molar-refractivity contribution in [3.05, 3.63) is 0 Å². The van der Waals surface area contributed by atoms with Crippen molar-refractivity contribution >= 4 is 11.9 Å². The van der Waals surface area contributed by atoms with E-state index in [0.717, 1.165) is 25.7 Å². The molecule has 0 heterocycles. The Balaban J connectivity index is 2.27. The van der Waals surface area contributed by atoms with E-state index in [9.17, 15) is 14.7 Å². The molecule has 1 rings (SSSR count). The predicted molar refractivity (Wildman–Crippen MR) is 61.0 cm³/mol. The maximum Gasteiger partial charge on any atom is 0.336 e. The standard InChI is InChI=1S/C11H20N2O4/c1-17-11(16)9(14)6-13-10(15)7-2-4-8(12)5-3-7/h7-9,14H,2-6,12H2,1H3,(H,13,15). The van der Waals surface area contributed by atoms with Gasteiger partial charge in [-0.05, 0) is 25.7 Å². The van der Waals surface area contributed by atoms with E-state index in [0.29, 0.717) is 0 Å². The predicted octanol–water partition coefficient (Wildman–Crippen LogP) is -0.846. The monoisotopic (exact) mass is 244 g/mol. The van der Waals surface area contributed by atoms with Gasteiger partial charge in [0.2, 0.25) is 5.91 Å². The molecule has 0 aromatic carbocycles. The number of amides is 1. The fourth-order valence-electron chi connectivity index (χ4n) is 1.94. The summed E-state index contributed by atoms with van der Waals surface area (Å²) in [4.78, 5) is 22.6. The van der Waals surface area contributed by atoms with E-state index in [4.69, 9.17) is 5.73 Å². The van der Waals surface area contributed by atoms with E-state index in [1.54, 1.807) is 0 Å². The molecule has 0 aromatic rings. The number of carbonyl (C=O) groups excluding carboxylic acids is 2. The molecule has 0 saturated heterocycles. The van der Waals surface area contributed by atoms with E-state index < -0.39 is 12.1 Å². The molecule has 0 aromatic heterocycles. The normalized spacial score (nSPS) is 26.1. The molecule has 1 aliphatic carbocycles. The highest BCUT2D eigenvalue weighted by atomic mass is 16.5. The molecule has 6 nitrogen and oxygen atoms in total. The second-order valence-corrected chi connectivity index (χ2v) is 4.40. The van der Waals surface area contributed by atoms with Crippen LogP contribution in [0.5, 0.6) is 0 Å². The van der Waals surface area contributed by atoms with Crippen LogP contribution in [0.15, 0.2) is 0 Å². The lowest BCUT2D eigenvalue weighted by atomic mass is 9.86. The van der Waals surface area contributed by atoms with Crippen LogP contribution in [0, 0.1) is 5.92 Å². The molecule has 4 N–H and O–H groups in total. The Bertz CT molecular complexity index is 275. The van der Waals surface area contributed by atoms with Gasteiger partial charge in [-0.2, -0.15) is 0 Å². The summed E-state index contributed by atoms with van der Waals surface area (Å²) in [6, 6.07) is 0.194. The highest BCUT2D eigenvalue weighted by molar-refractivity contribution is 5.80. The van der Waals surface area contributed by atoms with Gasteiger partial charge in [0.1, 0.15) is 0 Å². The lowest BCUT2D eigenvalue weighted by molar-refractivity contribution is -0.150. The van der Waals surface area contributed by atoms with Crippen molar-refractivity contribution in [2.45, 2.75) is 37.8 Å². The van der Waals surface area contributed by atoms with Crippen LogP contribution in [0.3, 0.4) is 0 Å². The third-order valence-electron chi connectivity index (χ3n) is 3.09. The number of nitrogens with one attached hydrogen (secondary N) is 1. The highest BCUT2D eigenvalue weighted by Gasteiger charge is 2.25. The first-order valence-corrected chi connectivity index (χ1v) is 5.83. The van der Waals surface area contributed by atoms with Gasteiger partial charge in [0.05, 0.1) is 13.7 Å². The minimum absolute atomic E-state index is 0.0559. The molecular formula is C11H20N2O4. The molecule has 0 radical (unpaired) electrons. The summed E-state index contributed by atoms with van der Waals surface area (Å²) in [6.45, 7) is -0.103. The molecule has 6 heteroatoms. The third-order valence-corrected chi connectivity index (χ3v) is 3.09. The summed E-state index contributed by atoms with van der Waals surface area (Å²) >= 11 is 0. The van der Waals surface area contributed by atoms with Crippen molar-refractivity contribution < 1.29 is 19.4 Å². The quantitative estimate of drug-likeness (QED) is 0.559. The third kappa shape index (κ3) is 4.32. The Labute approximate surface area is 101 Å². The molecule has 0 aliphatic heterocycles. The number of ether oxygens (including phenoxy) is 1. The van der Waals surface area contributed by atoms with Gasteiger partial charge in [0, 0.05) is 12.0 Å². The van der Waals surface area contributed by atoms with Crippen molar-refractivity contribution in [2.24, 2.45) is 11.7 Å². The Morgan fingerprint density at radius 1 is 1.41 bits per heavy atom. The average Bonchev–Trinajstić information content (AvgIpc) is 2.35. The molecule has 1 atom stereocenters. The van der Waals surface area contributed by atoms with Crippen LogP contribution in [0.1, 0.15) is 25.7 Å². The van der Waals surface area contributed by atoms with Gasteiger partial charge < -0.3 is 20.9 Å². The van der Waals surface area contributed by atoms with E-state index in [2.05, 4.69) is 10.1 Å². The molecule has 1 amide bonds. The topological polar surface area (TPSA) is 102 Å². The van der Waals surface area contributed by atoms with Crippen LogP contribution < -0.4 is 11.1 Å².